The van der Waals surface area contributed by atoms with Crippen molar-refractivity contribution in [2.24, 2.45) is 5.92 Å². The molecule has 6 heteroatoms. The van der Waals surface area contributed by atoms with Crippen molar-refractivity contribution >= 4 is 23.8 Å². The Morgan fingerprint density at radius 2 is 2.06 bits per heavy atom. The highest BCUT2D eigenvalue weighted by molar-refractivity contribution is 7.98. The summed E-state index contributed by atoms with van der Waals surface area (Å²) in [7, 11) is 1.77. The van der Waals surface area contributed by atoms with Gasteiger partial charge in [0, 0.05) is 20.1 Å². The van der Waals surface area contributed by atoms with Gasteiger partial charge in [-0.1, -0.05) is 6.92 Å². The number of aliphatic carboxylic acids is 1. The molecule has 1 atom stereocenters. The van der Waals surface area contributed by atoms with E-state index in [0.717, 1.165) is 18.7 Å². The predicted octanol–water partition coefficient (Wildman–Crippen LogP) is 1.88. The van der Waals surface area contributed by atoms with E-state index in [2.05, 4.69) is 5.32 Å². The van der Waals surface area contributed by atoms with Gasteiger partial charge >= 0.3 is 12.0 Å². The molecule has 106 valence electrons. The number of nitrogens with one attached hydrogen (secondary N) is 1. The van der Waals surface area contributed by atoms with Crippen molar-refractivity contribution < 1.29 is 14.7 Å². The van der Waals surface area contributed by atoms with Gasteiger partial charge in [0.1, 0.15) is 0 Å². The van der Waals surface area contributed by atoms with E-state index in [1.807, 2.05) is 6.26 Å². The van der Waals surface area contributed by atoms with Gasteiger partial charge in [0.2, 0.25) is 0 Å². The lowest BCUT2D eigenvalue weighted by molar-refractivity contribution is -0.141. The fourth-order valence-electron chi connectivity index (χ4n) is 1.41. The molecule has 0 saturated heterocycles. The Balaban J connectivity index is 3.60. The topological polar surface area (TPSA) is 69.6 Å². The molecule has 0 aromatic carbocycles. The SMILES string of the molecule is CSCCCN(C)C(=O)NCCCC(C)C(=O)O. The van der Waals surface area contributed by atoms with E-state index < -0.39 is 5.97 Å². The molecule has 0 saturated carbocycles. The molecule has 0 heterocycles. The second kappa shape index (κ2) is 10.1. The Morgan fingerprint density at radius 1 is 1.39 bits per heavy atom. The summed E-state index contributed by atoms with van der Waals surface area (Å²) in [6.07, 6.45) is 4.31. The van der Waals surface area contributed by atoms with Crippen molar-refractivity contribution in [1.82, 2.24) is 10.2 Å². The van der Waals surface area contributed by atoms with Crippen LogP contribution in [0.3, 0.4) is 0 Å². The number of rotatable bonds is 9. The first-order valence-electron chi connectivity index (χ1n) is 6.19. The average molecular weight is 276 g/mol. The number of amides is 2. The summed E-state index contributed by atoms with van der Waals surface area (Å²) >= 11 is 1.77. The van der Waals surface area contributed by atoms with Gasteiger partial charge < -0.3 is 15.3 Å². The summed E-state index contributed by atoms with van der Waals surface area (Å²) in [5.74, 6) is -0.0787. The Hall–Kier alpha value is -0.910. The predicted molar refractivity (Wildman–Crippen MR) is 75.1 cm³/mol. The monoisotopic (exact) mass is 276 g/mol. The molecule has 2 amide bonds. The minimum atomic E-state index is -0.782. The summed E-state index contributed by atoms with van der Waals surface area (Å²) in [4.78, 5) is 23.9. The fraction of sp³-hybridized carbons (Fsp3) is 0.833. The number of carbonyl (C=O) groups is 2. The number of nitrogens with zero attached hydrogens (tertiary/aromatic N) is 1. The van der Waals surface area contributed by atoms with Gasteiger partial charge in [0.05, 0.1) is 5.92 Å². The molecule has 1 unspecified atom stereocenters. The molecule has 0 rings (SSSR count). The van der Waals surface area contributed by atoms with Crippen LogP contribution in [0.2, 0.25) is 0 Å². The van der Waals surface area contributed by atoms with E-state index in [-0.39, 0.29) is 11.9 Å². The molecule has 0 aliphatic carbocycles. The van der Waals surface area contributed by atoms with Crippen molar-refractivity contribution in [3.8, 4) is 0 Å². The van der Waals surface area contributed by atoms with Crippen molar-refractivity contribution in [1.29, 1.82) is 0 Å². The fourth-order valence-corrected chi connectivity index (χ4v) is 1.83. The summed E-state index contributed by atoms with van der Waals surface area (Å²) in [5, 5.41) is 11.5. The molecule has 0 spiro atoms. The minimum absolute atomic E-state index is 0.0842. The maximum absolute atomic E-state index is 11.6. The molecular weight excluding hydrogens is 252 g/mol. The molecule has 0 aliphatic rings. The molecule has 0 aliphatic heterocycles. The zero-order chi connectivity index (χ0) is 14.0. The first kappa shape index (κ1) is 17.1. The molecule has 0 fully saturated rings. The van der Waals surface area contributed by atoms with Gasteiger partial charge in [-0.05, 0) is 31.3 Å². The summed E-state index contributed by atoms with van der Waals surface area (Å²) in [5.41, 5.74) is 0. The number of thioether (sulfide) groups is 1. The van der Waals surface area contributed by atoms with Gasteiger partial charge in [-0.3, -0.25) is 4.79 Å². The van der Waals surface area contributed by atoms with Crippen LogP contribution in [-0.4, -0.2) is 54.2 Å². The lowest BCUT2D eigenvalue weighted by atomic mass is 10.1. The maximum atomic E-state index is 11.6. The maximum Gasteiger partial charge on any atom is 0.317 e. The Bertz CT molecular complexity index is 262. The smallest absolute Gasteiger partial charge is 0.317 e. The van der Waals surface area contributed by atoms with Crippen LogP contribution < -0.4 is 5.32 Å². The highest BCUT2D eigenvalue weighted by Crippen LogP contribution is 2.04. The van der Waals surface area contributed by atoms with Crippen molar-refractivity contribution in [2.75, 3.05) is 32.1 Å². The highest BCUT2D eigenvalue weighted by Gasteiger charge is 2.11. The third-order valence-corrected chi connectivity index (χ3v) is 3.40. The van der Waals surface area contributed by atoms with Gasteiger partial charge in [-0.15, -0.1) is 0 Å². The van der Waals surface area contributed by atoms with Gasteiger partial charge in [0.25, 0.3) is 0 Å². The number of hydrogen-bond donors (Lipinski definition) is 2. The lowest BCUT2D eigenvalue weighted by Gasteiger charge is -2.17. The van der Waals surface area contributed by atoms with E-state index in [1.54, 1.807) is 30.6 Å². The van der Waals surface area contributed by atoms with Gasteiger partial charge in [-0.25, -0.2) is 4.79 Å². The van der Waals surface area contributed by atoms with Crippen molar-refractivity contribution in [3.05, 3.63) is 0 Å². The van der Waals surface area contributed by atoms with Gasteiger partial charge in [0.15, 0.2) is 0 Å². The molecule has 0 aromatic heterocycles. The number of carboxylic acids is 1. The van der Waals surface area contributed by atoms with Crippen LogP contribution in [0.15, 0.2) is 0 Å². The van der Waals surface area contributed by atoms with Crippen LogP contribution in [0.4, 0.5) is 4.79 Å². The Morgan fingerprint density at radius 3 is 2.61 bits per heavy atom. The Kier molecular flexibility index (Phi) is 9.55. The molecular formula is C12H24N2O3S. The first-order chi connectivity index (χ1) is 8.49. The zero-order valence-corrected chi connectivity index (χ0v) is 12.3. The molecule has 0 aromatic rings. The minimum Gasteiger partial charge on any atom is -0.481 e. The molecule has 5 nitrogen and oxygen atoms in total. The standard InChI is InChI=1S/C12H24N2O3S/c1-10(11(15)16)6-4-7-13-12(17)14(2)8-5-9-18-3/h10H,4-9H2,1-3H3,(H,13,17)(H,15,16). The number of urea groups is 1. The summed E-state index contributed by atoms with van der Waals surface area (Å²) in [6.45, 7) is 2.96. The first-order valence-corrected chi connectivity index (χ1v) is 7.59. The summed E-state index contributed by atoms with van der Waals surface area (Å²) < 4.78 is 0. The van der Waals surface area contributed by atoms with Crippen molar-refractivity contribution in [2.45, 2.75) is 26.2 Å². The molecule has 0 bridgehead atoms. The molecule has 2 N–H and O–H groups in total. The van der Waals surface area contributed by atoms with E-state index in [4.69, 9.17) is 5.11 Å². The number of carbonyl (C=O) groups excluding carboxylic acids is 1. The van der Waals surface area contributed by atoms with E-state index in [0.29, 0.717) is 19.4 Å². The van der Waals surface area contributed by atoms with Crippen LogP contribution in [-0.2, 0) is 4.79 Å². The molecule has 0 radical (unpaired) electrons. The second-order valence-electron chi connectivity index (χ2n) is 4.38. The largest absolute Gasteiger partial charge is 0.481 e. The number of carboxylic acid groups (broad SMARTS) is 1. The van der Waals surface area contributed by atoms with Crippen LogP contribution in [0.1, 0.15) is 26.2 Å². The third kappa shape index (κ3) is 8.22. The van der Waals surface area contributed by atoms with E-state index >= 15 is 0 Å². The van der Waals surface area contributed by atoms with E-state index in [1.165, 1.54) is 0 Å². The van der Waals surface area contributed by atoms with Crippen LogP contribution in [0, 0.1) is 5.92 Å². The van der Waals surface area contributed by atoms with Crippen molar-refractivity contribution in [3.63, 3.8) is 0 Å². The lowest BCUT2D eigenvalue weighted by Crippen LogP contribution is -2.38. The summed E-state index contributed by atoms with van der Waals surface area (Å²) in [6, 6.07) is -0.0842. The quantitative estimate of drug-likeness (QED) is 0.631. The van der Waals surface area contributed by atoms with Gasteiger partial charge in [-0.2, -0.15) is 11.8 Å². The zero-order valence-electron chi connectivity index (χ0n) is 11.4. The second-order valence-corrected chi connectivity index (χ2v) is 5.37. The molecule has 18 heavy (non-hydrogen) atoms. The average Bonchev–Trinajstić information content (AvgIpc) is 2.33. The third-order valence-electron chi connectivity index (χ3n) is 2.70. The van der Waals surface area contributed by atoms with Crippen LogP contribution >= 0.6 is 11.8 Å². The Labute approximate surface area is 113 Å². The van der Waals surface area contributed by atoms with Crippen LogP contribution in [0.25, 0.3) is 0 Å². The van der Waals surface area contributed by atoms with E-state index in [9.17, 15) is 9.59 Å². The highest BCUT2D eigenvalue weighted by atomic mass is 32.2. The normalized spacial score (nSPS) is 11.9. The van der Waals surface area contributed by atoms with Crippen LogP contribution in [0.5, 0.6) is 0 Å². The number of hydrogen-bond acceptors (Lipinski definition) is 3.